The van der Waals surface area contributed by atoms with Gasteiger partial charge < -0.3 is 18.5 Å². The third kappa shape index (κ3) is 27.2. The van der Waals surface area contributed by atoms with Gasteiger partial charge in [-0.3, -0.25) is 9.59 Å². The van der Waals surface area contributed by atoms with E-state index in [2.05, 4.69) is 13.8 Å². The second-order valence-corrected chi connectivity index (χ2v) is 15.2. The van der Waals surface area contributed by atoms with Crippen LogP contribution in [0.1, 0.15) is 194 Å². The molecular weight excluding hydrogens is 597 g/mol. The van der Waals surface area contributed by atoms with Gasteiger partial charge >= 0.3 is 11.9 Å². The first-order chi connectivity index (χ1) is 22.6. The lowest BCUT2D eigenvalue weighted by atomic mass is 10.0. The first-order valence-corrected chi connectivity index (χ1v) is 20.8. The van der Waals surface area contributed by atoms with E-state index in [0.717, 1.165) is 32.2 Å². The Hall–Kier alpha value is -0.750. The van der Waals surface area contributed by atoms with E-state index in [1.807, 2.05) is 11.7 Å². The Bertz CT molecular complexity index is 696. The number of carbonyl (C=O) groups is 2. The van der Waals surface area contributed by atoms with Crippen molar-refractivity contribution in [1.29, 1.82) is 0 Å². The van der Waals surface area contributed by atoms with E-state index in [9.17, 15) is 9.59 Å². The minimum absolute atomic E-state index is 0.0362. The summed E-state index contributed by atoms with van der Waals surface area (Å²) >= 11 is 0. The van der Waals surface area contributed by atoms with Gasteiger partial charge in [0, 0.05) is 19.4 Å². The summed E-state index contributed by atoms with van der Waals surface area (Å²) in [5.41, 5.74) is 0. The Kier molecular flexibility index (Phi) is 30.8. The van der Waals surface area contributed by atoms with Gasteiger partial charge in [0.2, 0.25) is 0 Å². The first kappa shape index (κ1) is 43.3. The van der Waals surface area contributed by atoms with E-state index < -0.39 is 14.6 Å². The van der Waals surface area contributed by atoms with Gasteiger partial charge in [0.1, 0.15) is 6.61 Å². The average molecular weight is 672 g/mol. The summed E-state index contributed by atoms with van der Waals surface area (Å²) in [5.74, 6) is -0.460. The van der Waals surface area contributed by atoms with Crippen LogP contribution in [-0.4, -0.2) is 56.1 Å². The van der Waals surface area contributed by atoms with Crippen LogP contribution >= 0.6 is 8.53 Å². The lowest BCUT2D eigenvalue weighted by Crippen LogP contribution is -2.29. The molecule has 0 bridgehead atoms. The van der Waals surface area contributed by atoms with Crippen molar-refractivity contribution in [3.63, 3.8) is 0 Å². The zero-order valence-corrected chi connectivity index (χ0v) is 31.4. The summed E-state index contributed by atoms with van der Waals surface area (Å²) in [7, 11) is 0.822. The molecule has 1 heterocycles. The van der Waals surface area contributed by atoms with E-state index in [1.54, 1.807) is 0 Å². The molecule has 1 aliphatic rings. The highest BCUT2D eigenvalue weighted by Gasteiger charge is 2.27. The van der Waals surface area contributed by atoms with Crippen LogP contribution < -0.4 is 0 Å². The highest BCUT2D eigenvalue weighted by Crippen LogP contribution is 2.45. The molecule has 0 aromatic rings. The van der Waals surface area contributed by atoms with Crippen molar-refractivity contribution >= 4 is 20.5 Å². The molecule has 1 unspecified atom stereocenters. The van der Waals surface area contributed by atoms with Crippen LogP contribution in [0.15, 0.2) is 0 Å². The van der Waals surface area contributed by atoms with Crippen molar-refractivity contribution in [3.8, 4) is 0 Å². The zero-order valence-electron chi connectivity index (χ0n) is 30.5. The van der Waals surface area contributed by atoms with Crippen LogP contribution in [0.3, 0.4) is 0 Å². The van der Waals surface area contributed by atoms with E-state index >= 15 is 0 Å². The summed E-state index contributed by atoms with van der Waals surface area (Å²) in [5, 5.41) is 0. The summed E-state index contributed by atoms with van der Waals surface area (Å²) < 4.78 is 24.8. The van der Waals surface area contributed by atoms with E-state index in [1.165, 1.54) is 141 Å². The largest absolute Gasteiger partial charge is 0.462 e. The van der Waals surface area contributed by atoms with Gasteiger partial charge in [-0.05, 0) is 19.9 Å². The Balaban J connectivity index is 2.14. The van der Waals surface area contributed by atoms with Gasteiger partial charge in [-0.2, -0.15) is 0 Å². The second kappa shape index (κ2) is 32.8. The summed E-state index contributed by atoms with van der Waals surface area (Å²) in [6, 6.07) is 0. The SMILES string of the molecule is CCCCCCCCCCCCCCCC(=O)OC[C@@H](COP1OCCN1C)OC(=O)CCCCCCCCCCCCCCC. The van der Waals surface area contributed by atoms with Crippen LogP contribution in [0.25, 0.3) is 0 Å². The third-order valence-electron chi connectivity index (χ3n) is 8.96. The molecule has 7 nitrogen and oxygen atoms in total. The first-order valence-electron chi connectivity index (χ1n) is 19.7. The van der Waals surface area contributed by atoms with Gasteiger partial charge in [-0.1, -0.05) is 168 Å². The second-order valence-electron chi connectivity index (χ2n) is 13.5. The fourth-order valence-corrected chi connectivity index (χ4v) is 7.15. The molecule has 0 amide bonds. The Labute approximate surface area is 286 Å². The maximum atomic E-state index is 12.6. The fraction of sp³-hybridized carbons (Fsp3) is 0.947. The van der Waals surface area contributed by atoms with Crippen molar-refractivity contribution < 1.29 is 28.1 Å². The molecule has 1 aliphatic heterocycles. The molecule has 1 saturated heterocycles. The monoisotopic (exact) mass is 672 g/mol. The number of ether oxygens (including phenoxy) is 2. The lowest BCUT2D eigenvalue weighted by molar-refractivity contribution is -0.161. The van der Waals surface area contributed by atoms with Crippen molar-refractivity contribution in [2.24, 2.45) is 0 Å². The molecule has 46 heavy (non-hydrogen) atoms. The predicted molar refractivity (Wildman–Crippen MR) is 193 cm³/mol. The summed E-state index contributed by atoms with van der Waals surface area (Å²) in [6.45, 7) is 6.20. The summed E-state index contributed by atoms with van der Waals surface area (Å²) in [6.07, 6.45) is 33.3. The minimum atomic E-state index is -1.14. The highest BCUT2D eigenvalue weighted by molar-refractivity contribution is 7.44. The number of nitrogens with zero attached hydrogens (tertiary/aromatic N) is 1. The van der Waals surface area contributed by atoms with Crippen LogP contribution in [0.2, 0.25) is 0 Å². The van der Waals surface area contributed by atoms with Gasteiger partial charge in [0.15, 0.2) is 6.10 Å². The summed E-state index contributed by atoms with van der Waals surface area (Å²) in [4.78, 5) is 25.0. The maximum absolute atomic E-state index is 12.6. The molecule has 0 spiro atoms. The topological polar surface area (TPSA) is 74.3 Å². The minimum Gasteiger partial charge on any atom is -0.462 e. The predicted octanol–water partition coefficient (Wildman–Crippen LogP) is 11.6. The van der Waals surface area contributed by atoms with E-state index in [-0.39, 0.29) is 25.2 Å². The Morgan fingerprint density at radius 2 is 0.978 bits per heavy atom. The van der Waals surface area contributed by atoms with Crippen LogP contribution in [0, 0.1) is 0 Å². The van der Waals surface area contributed by atoms with Crippen molar-refractivity contribution in [2.75, 3.05) is 33.4 Å². The fourth-order valence-electron chi connectivity index (χ4n) is 5.91. The molecule has 1 rings (SSSR count). The number of hydrogen-bond donors (Lipinski definition) is 0. The van der Waals surface area contributed by atoms with Crippen molar-refractivity contribution in [1.82, 2.24) is 4.67 Å². The number of likely N-dealkylation sites (N-methyl/N-ethyl adjacent to an activating group) is 1. The molecule has 1 fully saturated rings. The molecule has 272 valence electrons. The molecule has 0 aromatic carbocycles. The lowest BCUT2D eigenvalue weighted by Gasteiger charge is -2.21. The molecule has 0 N–H and O–H groups in total. The molecule has 8 heteroatoms. The standard InChI is InChI=1S/C38H74NO6P/c1-4-6-8-10-12-14-16-18-20-22-24-26-28-30-37(40)42-34-36(35-44-46-39(3)32-33-43-46)45-38(41)31-29-27-25-23-21-19-17-15-13-11-9-7-5-2/h36H,4-35H2,1-3H3/t36-,46?/m0/s1. The van der Waals surface area contributed by atoms with E-state index in [4.69, 9.17) is 18.5 Å². The van der Waals surface area contributed by atoms with Crippen molar-refractivity contribution in [2.45, 2.75) is 200 Å². The molecule has 0 aromatic heterocycles. The average Bonchev–Trinajstić information content (AvgIpc) is 3.47. The number of hydrogen-bond acceptors (Lipinski definition) is 7. The molecule has 0 saturated carbocycles. The van der Waals surface area contributed by atoms with Crippen LogP contribution in [0.5, 0.6) is 0 Å². The molecule has 2 atom stereocenters. The number of unbranched alkanes of at least 4 members (excludes halogenated alkanes) is 24. The quantitative estimate of drug-likeness (QED) is 0.0383. The van der Waals surface area contributed by atoms with Crippen LogP contribution in [-0.2, 0) is 28.1 Å². The van der Waals surface area contributed by atoms with Gasteiger partial charge in [0.25, 0.3) is 8.53 Å². The molecular formula is C38H74NO6P. The van der Waals surface area contributed by atoms with Gasteiger partial charge in [-0.25, -0.2) is 4.67 Å². The highest BCUT2D eigenvalue weighted by atomic mass is 31.2. The number of rotatable bonds is 34. The van der Waals surface area contributed by atoms with Crippen LogP contribution in [0.4, 0.5) is 0 Å². The zero-order chi connectivity index (χ0) is 33.3. The Morgan fingerprint density at radius 3 is 1.37 bits per heavy atom. The number of carbonyl (C=O) groups excluding carboxylic acids is 2. The van der Waals surface area contributed by atoms with Gasteiger partial charge in [0.05, 0.1) is 13.2 Å². The molecule has 0 aliphatic carbocycles. The number of esters is 2. The van der Waals surface area contributed by atoms with Gasteiger partial charge in [-0.15, -0.1) is 0 Å². The Morgan fingerprint density at radius 1 is 0.587 bits per heavy atom. The maximum Gasteiger partial charge on any atom is 0.306 e. The third-order valence-corrected chi connectivity index (χ3v) is 10.5. The molecule has 0 radical (unpaired) electrons. The van der Waals surface area contributed by atoms with Crippen molar-refractivity contribution in [3.05, 3.63) is 0 Å². The van der Waals surface area contributed by atoms with E-state index in [0.29, 0.717) is 19.4 Å². The smallest absolute Gasteiger partial charge is 0.306 e. The normalized spacial score (nSPS) is 15.8.